The molecule has 1 heterocycles. The van der Waals surface area contributed by atoms with Crippen LogP contribution in [-0.2, 0) is 9.59 Å². The first-order valence-electron chi connectivity index (χ1n) is 8.20. The molecule has 26 heavy (non-hydrogen) atoms. The van der Waals surface area contributed by atoms with Crippen LogP contribution >= 0.6 is 0 Å². The number of anilines is 1. The molecule has 2 aromatic rings. The molecule has 4 amide bonds. The van der Waals surface area contributed by atoms with E-state index in [4.69, 9.17) is 0 Å². The molecule has 0 bridgehead atoms. The molecule has 1 aliphatic rings. The topological polar surface area (TPSA) is 78.5 Å². The Morgan fingerprint density at radius 3 is 2.46 bits per heavy atom. The zero-order valence-electron chi connectivity index (χ0n) is 14.6. The van der Waals surface area contributed by atoms with Crippen LogP contribution in [0.1, 0.15) is 16.7 Å². The van der Waals surface area contributed by atoms with Crippen LogP contribution in [0.3, 0.4) is 0 Å². The third-order valence-corrected chi connectivity index (χ3v) is 3.92. The number of aryl methyl sites for hydroxylation is 2. The second-order valence-electron chi connectivity index (χ2n) is 6.21. The van der Waals surface area contributed by atoms with Gasteiger partial charge in [0, 0.05) is 5.69 Å². The van der Waals surface area contributed by atoms with Crippen LogP contribution in [0.4, 0.5) is 10.5 Å². The number of imide groups is 1. The zero-order chi connectivity index (χ0) is 18.7. The number of hydrogen-bond donors (Lipinski definition) is 2. The summed E-state index contributed by atoms with van der Waals surface area (Å²) < 4.78 is 0. The van der Waals surface area contributed by atoms with Crippen molar-refractivity contribution in [1.82, 2.24) is 10.2 Å². The average Bonchev–Trinajstić information content (AvgIpc) is 2.82. The van der Waals surface area contributed by atoms with Crippen LogP contribution in [0.2, 0.25) is 0 Å². The molecule has 1 fully saturated rings. The van der Waals surface area contributed by atoms with Crippen molar-refractivity contribution in [3.05, 3.63) is 70.9 Å². The molecule has 0 atom stereocenters. The van der Waals surface area contributed by atoms with Crippen LogP contribution in [-0.4, -0.2) is 29.3 Å². The minimum Gasteiger partial charge on any atom is -0.325 e. The van der Waals surface area contributed by atoms with Crippen LogP contribution in [0.25, 0.3) is 6.08 Å². The normalized spacial score (nSPS) is 15.3. The number of carbonyl (C=O) groups is 3. The molecule has 0 aromatic heterocycles. The Bertz CT molecular complexity index is 918. The third kappa shape index (κ3) is 3.97. The van der Waals surface area contributed by atoms with Crippen molar-refractivity contribution in [2.45, 2.75) is 13.8 Å². The fourth-order valence-corrected chi connectivity index (χ4v) is 2.71. The van der Waals surface area contributed by atoms with Crippen LogP contribution < -0.4 is 10.6 Å². The van der Waals surface area contributed by atoms with Gasteiger partial charge in [0.2, 0.25) is 5.91 Å². The molecule has 132 valence electrons. The van der Waals surface area contributed by atoms with Crippen molar-refractivity contribution in [2.24, 2.45) is 0 Å². The number of hydrogen-bond acceptors (Lipinski definition) is 3. The predicted molar refractivity (Wildman–Crippen MR) is 99.2 cm³/mol. The van der Waals surface area contributed by atoms with Crippen molar-refractivity contribution in [3.8, 4) is 0 Å². The molecular formula is C20H19N3O3. The van der Waals surface area contributed by atoms with E-state index in [0.717, 1.165) is 21.6 Å². The van der Waals surface area contributed by atoms with Crippen molar-refractivity contribution < 1.29 is 14.4 Å². The van der Waals surface area contributed by atoms with E-state index in [2.05, 4.69) is 10.6 Å². The van der Waals surface area contributed by atoms with E-state index in [0.29, 0.717) is 5.69 Å². The van der Waals surface area contributed by atoms with Gasteiger partial charge in [0.1, 0.15) is 12.2 Å². The maximum absolute atomic E-state index is 12.4. The first-order chi connectivity index (χ1) is 12.4. The first kappa shape index (κ1) is 17.4. The minimum absolute atomic E-state index is 0.156. The van der Waals surface area contributed by atoms with Crippen LogP contribution in [0.5, 0.6) is 0 Å². The smallest absolute Gasteiger partial charge is 0.325 e. The Morgan fingerprint density at radius 1 is 1.08 bits per heavy atom. The molecule has 6 heteroatoms. The Labute approximate surface area is 151 Å². The summed E-state index contributed by atoms with van der Waals surface area (Å²) in [5.41, 5.74) is 3.63. The van der Waals surface area contributed by atoms with Gasteiger partial charge < -0.3 is 10.6 Å². The van der Waals surface area contributed by atoms with Crippen LogP contribution in [0.15, 0.2) is 54.2 Å². The summed E-state index contributed by atoms with van der Waals surface area (Å²) in [4.78, 5) is 37.6. The lowest BCUT2D eigenvalue weighted by atomic mass is 10.1. The Kier molecular flexibility index (Phi) is 4.84. The molecule has 1 aliphatic heterocycles. The summed E-state index contributed by atoms with van der Waals surface area (Å²) in [6.45, 7) is 3.51. The number of nitrogens with one attached hydrogen (secondary N) is 2. The lowest BCUT2D eigenvalue weighted by molar-refractivity contribution is -0.127. The van der Waals surface area contributed by atoms with E-state index < -0.39 is 17.8 Å². The monoisotopic (exact) mass is 349 g/mol. The number of nitrogens with zero attached hydrogens (tertiary/aromatic N) is 1. The molecule has 2 aromatic carbocycles. The Morgan fingerprint density at radius 2 is 1.77 bits per heavy atom. The maximum Gasteiger partial charge on any atom is 0.329 e. The van der Waals surface area contributed by atoms with Gasteiger partial charge in [0.25, 0.3) is 5.91 Å². The molecule has 2 N–H and O–H groups in total. The Balaban J connectivity index is 1.70. The number of rotatable bonds is 4. The number of amides is 4. The summed E-state index contributed by atoms with van der Waals surface area (Å²) in [7, 11) is 0. The van der Waals surface area contributed by atoms with Crippen molar-refractivity contribution in [3.63, 3.8) is 0 Å². The summed E-state index contributed by atoms with van der Waals surface area (Å²) in [6.07, 6.45) is 1.60. The highest BCUT2D eigenvalue weighted by atomic mass is 16.2. The summed E-state index contributed by atoms with van der Waals surface area (Å²) >= 11 is 0. The quantitative estimate of drug-likeness (QED) is 0.658. The average molecular weight is 349 g/mol. The second kappa shape index (κ2) is 7.23. The van der Waals surface area contributed by atoms with Gasteiger partial charge in [-0.3, -0.25) is 9.59 Å². The Hall–Kier alpha value is -3.41. The van der Waals surface area contributed by atoms with E-state index in [-0.39, 0.29) is 12.2 Å². The maximum atomic E-state index is 12.4. The standard InChI is InChI=1S/C20H19N3O3/c1-13-5-3-7-15(9-13)11-17-19(25)23(20(26)22-17)12-18(24)21-16-8-4-6-14(2)10-16/h3-11H,12H2,1-2H3,(H,21,24)(H,22,26)/b17-11-. The van der Waals surface area contributed by atoms with Gasteiger partial charge in [-0.2, -0.15) is 0 Å². The van der Waals surface area contributed by atoms with Gasteiger partial charge in [0.05, 0.1) is 0 Å². The van der Waals surface area contributed by atoms with Gasteiger partial charge >= 0.3 is 6.03 Å². The summed E-state index contributed by atoms with van der Waals surface area (Å²) in [6, 6.07) is 14.2. The van der Waals surface area contributed by atoms with Gasteiger partial charge in [-0.05, 0) is 43.2 Å². The molecule has 0 radical (unpaired) electrons. The van der Waals surface area contributed by atoms with E-state index in [9.17, 15) is 14.4 Å². The second-order valence-corrected chi connectivity index (χ2v) is 6.21. The fourth-order valence-electron chi connectivity index (χ4n) is 2.71. The lowest BCUT2D eigenvalue weighted by Crippen LogP contribution is -2.38. The third-order valence-electron chi connectivity index (χ3n) is 3.92. The van der Waals surface area contributed by atoms with E-state index in [1.54, 1.807) is 12.1 Å². The first-order valence-corrected chi connectivity index (χ1v) is 8.20. The number of benzene rings is 2. The van der Waals surface area contributed by atoms with Gasteiger partial charge in [-0.15, -0.1) is 0 Å². The minimum atomic E-state index is -0.603. The largest absolute Gasteiger partial charge is 0.329 e. The van der Waals surface area contributed by atoms with Crippen LogP contribution in [0, 0.1) is 13.8 Å². The molecule has 6 nitrogen and oxygen atoms in total. The highest BCUT2D eigenvalue weighted by molar-refractivity contribution is 6.15. The molecular weight excluding hydrogens is 330 g/mol. The van der Waals surface area contributed by atoms with Gasteiger partial charge in [-0.25, -0.2) is 9.69 Å². The van der Waals surface area contributed by atoms with E-state index in [1.165, 1.54) is 0 Å². The highest BCUT2D eigenvalue weighted by Crippen LogP contribution is 2.15. The van der Waals surface area contributed by atoms with Gasteiger partial charge in [-0.1, -0.05) is 42.0 Å². The fraction of sp³-hybridized carbons (Fsp3) is 0.150. The number of carbonyl (C=O) groups excluding carboxylic acids is 3. The molecule has 0 saturated carbocycles. The van der Waals surface area contributed by atoms with E-state index >= 15 is 0 Å². The van der Waals surface area contributed by atoms with Crippen molar-refractivity contribution >= 4 is 29.6 Å². The van der Waals surface area contributed by atoms with Gasteiger partial charge in [0.15, 0.2) is 0 Å². The van der Waals surface area contributed by atoms with Crippen molar-refractivity contribution in [2.75, 3.05) is 11.9 Å². The summed E-state index contributed by atoms with van der Waals surface area (Å²) in [5, 5.41) is 5.21. The molecule has 3 rings (SSSR count). The molecule has 0 spiro atoms. The highest BCUT2D eigenvalue weighted by Gasteiger charge is 2.34. The SMILES string of the molecule is Cc1cccc(/C=C2\NC(=O)N(CC(=O)Nc3cccc(C)c3)C2=O)c1. The van der Waals surface area contributed by atoms with E-state index in [1.807, 2.05) is 56.3 Å². The molecule has 1 saturated heterocycles. The lowest BCUT2D eigenvalue weighted by Gasteiger charge is -2.12. The van der Waals surface area contributed by atoms with Crippen molar-refractivity contribution in [1.29, 1.82) is 0 Å². The molecule has 0 unspecified atom stereocenters. The number of urea groups is 1. The molecule has 0 aliphatic carbocycles. The summed E-state index contributed by atoms with van der Waals surface area (Å²) in [5.74, 6) is -0.952. The zero-order valence-corrected chi connectivity index (χ0v) is 14.6. The predicted octanol–water partition coefficient (Wildman–Crippen LogP) is 2.83.